The van der Waals surface area contributed by atoms with Crippen LogP contribution in [0, 0.1) is 0 Å². The van der Waals surface area contributed by atoms with Crippen molar-refractivity contribution in [3.63, 3.8) is 0 Å². The molecule has 4 nitrogen and oxygen atoms in total. The fraction of sp³-hybridized carbons (Fsp3) is 0.0625. The molecule has 2 aromatic carbocycles. The van der Waals surface area contributed by atoms with Gasteiger partial charge in [0.1, 0.15) is 0 Å². The predicted octanol–water partition coefficient (Wildman–Crippen LogP) is 3.62. The number of anilines is 1. The van der Waals surface area contributed by atoms with Gasteiger partial charge in [0.05, 0.1) is 5.57 Å². The Kier molecular flexibility index (Phi) is 3.54. The fourth-order valence-electron chi connectivity index (χ4n) is 2.30. The minimum Gasteiger partial charge on any atom is -0.494 e. The summed E-state index contributed by atoms with van der Waals surface area (Å²) >= 11 is 6.12. The fourth-order valence-corrected chi connectivity index (χ4v) is 2.47. The van der Waals surface area contributed by atoms with Crippen molar-refractivity contribution >= 4 is 28.8 Å². The van der Waals surface area contributed by atoms with Gasteiger partial charge in [0, 0.05) is 23.3 Å². The molecule has 0 saturated carbocycles. The van der Waals surface area contributed by atoms with E-state index in [0.29, 0.717) is 16.6 Å². The second kappa shape index (κ2) is 5.50. The number of benzene rings is 2. The number of aliphatic hydroxyl groups is 1. The Hall–Kier alpha value is -2.46. The third-order valence-electron chi connectivity index (χ3n) is 3.26. The summed E-state index contributed by atoms with van der Waals surface area (Å²) in [6.07, 6.45) is 0. The van der Waals surface area contributed by atoms with Crippen LogP contribution in [-0.4, -0.2) is 18.1 Å². The Morgan fingerprint density at radius 3 is 2.52 bits per heavy atom. The molecule has 21 heavy (non-hydrogen) atoms. The lowest BCUT2D eigenvalue weighted by molar-refractivity contribution is 0.392. The minimum absolute atomic E-state index is 0.0373. The van der Waals surface area contributed by atoms with E-state index in [9.17, 15) is 5.11 Å². The van der Waals surface area contributed by atoms with Crippen LogP contribution in [0.15, 0.2) is 59.4 Å². The first-order chi connectivity index (χ1) is 10.2. The number of rotatable bonds is 1. The van der Waals surface area contributed by atoms with Crippen LogP contribution >= 0.6 is 11.6 Å². The number of guanidine groups is 1. The van der Waals surface area contributed by atoms with Gasteiger partial charge < -0.3 is 10.4 Å². The Balaban J connectivity index is 2.27. The smallest absolute Gasteiger partial charge is 0.202 e. The molecule has 106 valence electrons. The van der Waals surface area contributed by atoms with E-state index in [1.165, 1.54) is 0 Å². The van der Waals surface area contributed by atoms with E-state index >= 15 is 0 Å². The highest BCUT2D eigenvalue weighted by Gasteiger charge is 2.21. The summed E-state index contributed by atoms with van der Waals surface area (Å²) < 4.78 is 0. The van der Waals surface area contributed by atoms with Crippen molar-refractivity contribution in [2.45, 2.75) is 0 Å². The van der Waals surface area contributed by atoms with Crippen molar-refractivity contribution in [2.24, 2.45) is 4.99 Å². The molecule has 1 heterocycles. The van der Waals surface area contributed by atoms with Crippen LogP contribution in [0.3, 0.4) is 0 Å². The van der Waals surface area contributed by atoms with Gasteiger partial charge in [0.15, 0.2) is 5.88 Å². The molecule has 1 aliphatic heterocycles. The summed E-state index contributed by atoms with van der Waals surface area (Å²) in [5.74, 6) is 0.511. The van der Waals surface area contributed by atoms with E-state index in [1.54, 1.807) is 13.1 Å². The number of nitrogens with zero attached hydrogens (tertiary/aromatic N) is 1. The van der Waals surface area contributed by atoms with Gasteiger partial charge in [-0.3, -0.25) is 10.3 Å². The Labute approximate surface area is 127 Å². The lowest BCUT2D eigenvalue weighted by atomic mass is 9.97. The summed E-state index contributed by atoms with van der Waals surface area (Å²) in [5, 5.41) is 17.1. The summed E-state index contributed by atoms with van der Waals surface area (Å²) in [4.78, 5) is 4.07. The second-order valence-corrected chi connectivity index (χ2v) is 5.04. The zero-order valence-electron chi connectivity index (χ0n) is 11.4. The highest BCUT2D eigenvalue weighted by Crippen LogP contribution is 2.34. The first kappa shape index (κ1) is 13.5. The zero-order chi connectivity index (χ0) is 14.8. The molecule has 0 bridgehead atoms. The van der Waals surface area contributed by atoms with Crippen molar-refractivity contribution in [2.75, 3.05) is 12.4 Å². The van der Waals surface area contributed by atoms with Gasteiger partial charge in [-0.15, -0.1) is 0 Å². The third-order valence-corrected chi connectivity index (χ3v) is 3.50. The maximum absolute atomic E-state index is 10.4. The average Bonchev–Trinajstić information content (AvgIpc) is 2.63. The quantitative estimate of drug-likeness (QED) is 0.754. The molecule has 0 radical (unpaired) electrons. The van der Waals surface area contributed by atoms with Gasteiger partial charge >= 0.3 is 0 Å². The van der Waals surface area contributed by atoms with Gasteiger partial charge in [-0.25, -0.2) is 0 Å². The van der Waals surface area contributed by atoms with Crippen LogP contribution in [0.25, 0.3) is 5.57 Å². The summed E-state index contributed by atoms with van der Waals surface area (Å²) in [6, 6.07) is 15.1. The molecule has 5 heteroatoms. The molecule has 0 spiro atoms. The van der Waals surface area contributed by atoms with E-state index in [4.69, 9.17) is 11.6 Å². The van der Waals surface area contributed by atoms with E-state index in [2.05, 4.69) is 15.6 Å². The van der Waals surface area contributed by atoms with Gasteiger partial charge in [0.25, 0.3) is 0 Å². The van der Waals surface area contributed by atoms with Crippen LogP contribution < -0.4 is 10.6 Å². The van der Waals surface area contributed by atoms with Crippen molar-refractivity contribution in [3.05, 3.63) is 70.6 Å². The Bertz CT molecular complexity index is 738. The molecule has 2 aromatic rings. The van der Waals surface area contributed by atoms with Crippen molar-refractivity contribution < 1.29 is 5.11 Å². The maximum Gasteiger partial charge on any atom is 0.202 e. The third kappa shape index (κ3) is 2.58. The van der Waals surface area contributed by atoms with E-state index in [1.807, 2.05) is 42.5 Å². The molecule has 0 aliphatic carbocycles. The zero-order valence-corrected chi connectivity index (χ0v) is 12.1. The predicted molar refractivity (Wildman–Crippen MR) is 86.7 cm³/mol. The number of halogens is 1. The molecule has 0 amide bonds. The number of aliphatic hydroxyl groups excluding tert-OH is 1. The molecule has 0 fully saturated rings. The molecule has 3 N–H and O–H groups in total. The second-order valence-electron chi connectivity index (χ2n) is 4.60. The average molecular weight is 300 g/mol. The topological polar surface area (TPSA) is 56.7 Å². The van der Waals surface area contributed by atoms with Gasteiger partial charge in [-0.1, -0.05) is 41.9 Å². The first-order valence-corrected chi connectivity index (χ1v) is 6.86. The monoisotopic (exact) mass is 299 g/mol. The highest BCUT2D eigenvalue weighted by atomic mass is 35.5. The van der Waals surface area contributed by atoms with Crippen molar-refractivity contribution in [1.82, 2.24) is 5.32 Å². The van der Waals surface area contributed by atoms with E-state index in [0.717, 1.165) is 16.8 Å². The molecular formula is C16H14ClN3O. The van der Waals surface area contributed by atoms with Gasteiger partial charge in [0.2, 0.25) is 5.96 Å². The molecule has 0 unspecified atom stereocenters. The number of nitrogens with one attached hydrogen (secondary N) is 2. The summed E-state index contributed by atoms with van der Waals surface area (Å²) in [5.41, 5.74) is 3.22. The normalized spacial score (nSPS) is 16.0. The minimum atomic E-state index is 0.0373. The maximum atomic E-state index is 10.4. The lowest BCUT2D eigenvalue weighted by Gasteiger charge is -2.11. The number of hydrogen-bond acceptors (Lipinski definition) is 2. The largest absolute Gasteiger partial charge is 0.494 e. The molecule has 0 aromatic heterocycles. The molecule has 0 atom stereocenters. The van der Waals surface area contributed by atoms with Gasteiger partial charge in [-0.05, 0) is 23.8 Å². The van der Waals surface area contributed by atoms with Crippen LogP contribution in [0.1, 0.15) is 11.1 Å². The van der Waals surface area contributed by atoms with Crippen molar-refractivity contribution in [1.29, 1.82) is 0 Å². The molecular weight excluding hydrogens is 286 g/mol. The van der Waals surface area contributed by atoms with Crippen LogP contribution in [0.4, 0.5) is 5.69 Å². The summed E-state index contributed by atoms with van der Waals surface area (Å²) in [6.45, 7) is 0. The lowest BCUT2D eigenvalue weighted by Crippen LogP contribution is -2.28. The SMILES string of the molecule is CN=C1NC(O)=C(c2ccccc2)c2cc(Cl)ccc2N1. The Morgan fingerprint density at radius 1 is 1.05 bits per heavy atom. The van der Waals surface area contributed by atoms with E-state index < -0.39 is 0 Å². The number of fused-ring (bicyclic) bond motifs is 1. The van der Waals surface area contributed by atoms with Gasteiger partial charge in [-0.2, -0.15) is 0 Å². The highest BCUT2D eigenvalue weighted by molar-refractivity contribution is 6.31. The number of hydrogen-bond donors (Lipinski definition) is 3. The van der Waals surface area contributed by atoms with Crippen LogP contribution in [0.2, 0.25) is 5.02 Å². The summed E-state index contributed by atoms with van der Waals surface area (Å²) in [7, 11) is 1.64. The molecule has 3 rings (SSSR count). The molecule has 1 aliphatic rings. The van der Waals surface area contributed by atoms with Crippen LogP contribution in [0.5, 0.6) is 0 Å². The standard InChI is InChI=1S/C16H14ClN3O/c1-18-16-19-13-8-7-11(17)9-12(13)14(15(21)20-16)10-5-3-2-4-6-10/h2-9,21H,1H3,(H2,18,19,20). The molecule has 0 saturated heterocycles. The number of aliphatic imine (C=N–C) groups is 1. The van der Waals surface area contributed by atoms with Crippen molar-refractivity contribution in [3.8, 4) is 0 Å². The van der Waals surface area contributed by atoms with E-state index in [-0.39, 0.29) is 5.88 Å². The Morgan fingerprint density at radius 2 is 1.81 bits per heavy atom. The first-order valence-electron chi connectivity index (χ1n) is 6.48. The van der Waals surface area contributed by atoms with Crippen LogP contribution in [-0.2, 0) is 0 Å².